The average Bonchev–Trinajstić information content (AvgIpc) is 2.45. The molecule has 2 rings (SSSR count). The van der Waals surface area contributed by atoms with Crippen molar-refractivity contribution in [2.24, 2.45) is 0 Å². The van der Waals surface area contributed by atoms with Crippen molar-refractivity contribution >= 4 is 11.5 Å². The van der Waals surface area contributed by atoms with Crippen LogP contribution >= 0.6 is 0 Å². The van der Waals surface area contributed by atoms with Crippen LogP contribution in [0, 0.1) is 21.7 Å². The maximum Gasteiger partial charge on any atom is 0.305 e. The van der Waals surface area contributed by atoms with Gasteiger partial charge >= 0.3 is 5.69 Å². The number of Topliss-reactive ketones (excluding diaryl/α,β-unsaturated/α-hetero) is 1. The van der Waals surface area contributed by atoms with Crippen molar-refractivity contribution in [3.05, 3.63) is 69.8 Å². The van der Waals surface area contributed by atoms with E-state index in [2.05, 4.69) is 0 Å². The van der Waals surface area contributed by atoms with E-state index in [1.54, 1.807) is 0 Å². The molecule has 7 heteroatoms. The summed E-state index contributed by atoms with van der Waals surface area (Å²) >= 11 is 0. The first-order valence-corrected chi connectivity index (χ1v) is 5.83. The van der Waals surface area contributed by atoms with Crippen molar-refractivity contribution < 1.29 is 23.2 Å². The Kier molecular flexibility index (Phi) is 4.22. The van der Waals surface area contributed by atoms with Gasteiger partial charge in [-0.1, -0.05) is 12.1 Å². The molecule has 0 saturated carbocycles. The number of nitrogens with zero attached hydrogens (tertiary/aromatic N) is 1. The summed E-state index contributed by atoms with van der Waals surface area (Å²) in [5, 5.41) is 10.5. The lowest BCUT2D eigenvalue weighted by molar-refractivity contribution is -0.387. The molecule has 0 spiro atoms. The molecule has 0 atom stereocenters. The first kappa shape index (κ1) is 14.6. The molecule has 0 unspecified atom stereocenters. The van der Waals surface area contributed by atoms with E-state index in [-0.39, 0.29) is 11.3 Å². The number of ketones is 1. The van der Waals surface area contributed by atoms with Crippen molar-refractivity contribution in [1.29, 1.82) is 0 Å². The number of hydrogen-bond donors (Lipinski definition) is 0. The zero-order valence-electron chi connectivity index (χ0n) is 10.6. The molecule has 0 fully saturated rings. The molecule has 0 amide bonds. The van der Waals surface area contributed by atoms with Crippen molar-refractivity contribution in [1.82, 2.24) is 0 Å². The number of halogens is 2. The van der Waals surface area contributed by atoms with Gasteiger partial charge in [0.05, 0.1) is 10.5 Å². The Balaban J connectivity index is 2.07. The molecule has 0 saturated heterocycles. The molecule has 0 heterocycles. The highest BCUT2D eigenvalue weighted by Crippen LogP contribution is 2.22. The molecule has 0 N–H and O–H groups in total. The normalized spacial score (nSPS) is 10.2. The van der Waals surface area contributed by atoms with Crippen LogP contribution in [0.5, 0.6) is 5.75 Å². The molecule has 0 aliphatic heterocycles. The third kappa shape index (κ3) is 3.38. The molecular weight excluding hydrogens is 284 g/mol. The van der Waals surface area contributed by atoms with Crippen molar-refractivity contribution in [3.63, 3.8) is 0 Å². The molecule has 0 aliphatic carbocycles. The van der Waals surface area contributed by atoms with Gasteiger partial charge in [0.25, 0.3) is 0 Å². The van der Waals surface area contributed by atoms with Crippen molar-refractivity contribution in [3.8, 4) is 5.75 Å². The Morgan fingerprint density at radius 3 is 2.48 bits per heavy atom. The van der Waals surface area contributed by atoms with Crippen LogP contribution in [0.3, 0.4) is 0 Å². The van der Waals surface area contributed by atoms with E-state index >= 15 is 0 Å². The van der Waals surface area contributed by atoms with Gasteiger partial charge in [-0.05, 0) is 18.2 Å². The van der Waals surface area contributed by atoms with Gasteiger partial charge in [-0.25, -0.2) is 4.39 Å². The number of nitro groups is 1. The minimum atomic E-state index is -1.07. The van der Waals surface area contributed by atoms with E-state index in [0.29, 0.717) is 0 Å². The number of benzene rings is 2. The zero-order chi connectivity index (χ0) is 15.4. The summed E-state index contributed by atoms with van der Waals surface area (Å²) in [5.41, 5.74) is -0.831. The largest absolute Gasteiger partial charge is 0.485 e. The van der Waals surface area contributed by atoms with Gasteiger partial charge in [-0.15, -0.1) is 0 Å². The van der Waals surface area contributed by atoms with E-state index in [1.165, 1.54) is 18.2 Å². The van der Waals surface area contributed by atoms with Crippen molar-refractivity contribution in [2.45, 2.75) is 0 Å². The number of nitro benzene ring substituents is 1. The quantitative estimate of drug-likeness (QED) is 0.482. The summed E-state index contributed by atoms with van der Waals surface area (Å²) < 4.78 is 31.7. The van der Waals surface area contributed by atoms with Crippen LogP contribution < -0.4 is 4.74 Å². The monoisotopic (exact) mass is 293 g/mol. The summed E-state index contributed by atoms with van der Waals surface area (Å²) in [6.45, 7) is -0.502. The van der Waals surface area contributed by atoms with Gasteiger partial charge in [0.1, 0.15) is 11.6 Å². The number of hydrogen-bond acceptors (Lipinski definition) is 4. The molecule has 0 radical (unpaired) electrons. The predicted molar refractivity (Wildman–Crippen MR) is 69.3 cm³/mol. The highest BCUT2D eigenvalue weighted by atomic mass is 19.1. The third-order valence-electron chi connectivity index (χ3n) is 2.66. The van der Waals surface area contributed by atoms with E-state index in [9.17, 15) is 23.7 Å². The molecule has 2 aromatic rings. The molecule has 0 aliphatic rings. The smallest absolute Gasteiger partial charge is 0.305 e. The summed E-state index contributed by atoms with van der Waals surface area (Å²) in [4.78, 5) is 21.3. The van der Waals surface area contributed by atoms with Gasteiger partial charge in [0.2, 0.25) is 11.6 Å². The zero-order valence-corrected chi connectivity index (χ0v) is 10.6. The molecule has 21 heavy (non-hydrogen) atoms. The minimum Gasteiger partial charge on any atom is -0.485 e. The van der Waals surface area contributed by atoms with Crippen LogP contribution in [-0.4, -0.2) is 17.3 Å². The van der Waals surface area contributed by atoms with E-state index < -0.39 is 34.6 Å². The predicted octanol–water partition coefficient (Wildman–Crippen LogP) is 3.13. The molecule has 0 bridgehead atoms. The minimum absolute atomic E-state index is 0.0530. The Morgan fingerprint density at radius 2 is 1.86 bits per heavy atom. The Morgan fingerprint density at radius 1 is 1.14 bits per heavy atom. The summed E-state index contributed by atoms with van der Waals surface area (Å²) in [6, 6.07) is 8.28. The summed E-state index contributed by atoms with van der Waals surface area (Å²) in [7, 11) is 0. The second kappa shape index (κ2) is 6.08. The molecule has 5 nitrogen and oxygen atoms in total. The maximum atomic E-state index is 13.4. The second-order valence-corrected chi connectivity index (χ2v) is 4.06. The molecule has 108 valence electrons. The summed E-state index contributed by atoms with van der Waals surface area (Å²) in [6.07, 6.45) is 0. The first-order chi connectivity index (χ1) is 9.99. The highest BCUT2D eigenvalue weighted by molar-refractivity contribution is 5.97. The average molecular weight is 293 g/mol. The van der Waals surface area contributed by atoms with E-state index in [0.717, 1.165) is 24.3 Å². The van der Waals surface area contributed by atoms with Crippen LogP contribution in [0.1, 0.15) is 10.4 Å². The summed E-state index contributed by atoms with van der Waals surface area (Å²) in [5.74, 6) is -2.42. The Labute approximate surface area is 117 Å². The van der Waals surface area contributed by atoms with Gasteiger partial charge in [-0.3, -0.25) is 14.9 Å². The van der Waals surface area contributed by atoms with Gasteiger partial charge in [0, 0.05) is 12.1 Å². The third-order valence-corrected chi connectivity index (χ3v) is 2.66. The van der Waals surface area contributed by atoms with E-state index in [4.69, 9.17) is 4.74 Å². The van der Waals surface area contributed by atoms with Crippen LogP contribution in [0.25, 0.3) is 0 Å². The lowest BCUT2D eigenvalue weighted by Crippen LogP contribution is -2.13. The van der Waals surface area contributed by atoms with Crippen LogP contribution in [0.15, 0.2) is 42.5 Å². The number of ether oxygens (including phenoxy) is 1. The molecule has 0 aromatic heterocycles. The maximum absolute atomic E-state index is 13.4. The highest BCUT2D eigenvalue weighted by Gasteiger charge is 2.16. The lowest BCUT2D eigenvalue weighted by atomic mass is 10.1. The van der Waals surface area contributed by atoms with Gasteiger partial charge in [0.15, 0.2) is 6.61 Å². The first-order valence-electron chi connectivity index (χ1n) is 5.83. The number of rotatable bonds is 5. The fourth-order valence-electron chi connectivity index (χ4n) is 1.64. The Bertz CT molecular complexity index is 703. The topological polar surface area (TPSA) is 69.4 Å². The van der Waals surface area contributed by atoms with Crippen LogP contribution in [0.2, 0.25) is 0 Å². The second-order valence-electron chi connectivity index (χ2n) is 4.06. The van der Waals surface area contributed by atoms with Gasteiger partial charge in [-0.2, -0.15) is 4.39 Å². The molecule has 2 aromatic carbocycles. The number of carbonyl (C=O) groups is 1. The molecular formula is C14H9F2NO4. The van der Waals surface area contributed by atoms with Crippen LogP contribution in [0.4, 0.5) is 14.5 Å². The lowest BCUT2D eigenvalue weighted by Gasteiger charge is -2.06. The fraction of sp³-hybridized carbons (Fsp3) is 0.0714. The van der Waals surface area contributed by atoms with Crippen molar-refractivity contribution in [2.75, 3.05) is 6.61 Å². The Hall–Kier alpha value is -2.83. The fourth-order valence-corrected chi connectivity index (χ4v) is 1.64. The number of carbonyl (C=O) groups excluding carboxylic acids is 1. The van der Waals surface area contributed by atoms with E-state index in [1.807, 2.05) is 0 Å². The standard InChI is InChI=1S/C14H9F2NO4/c15-11-4-2-1-3-10(11)14(18)8-21-9-5-6-13(17(19)20)12(16)7-9/h1-7H,8H2. The SMILES string of the molecule is O=C(COc1ccc([N+](=O)[O-])c(F)c1)c1ccccc1F. The van der Waals surface area contributed by atoms with Crippen LogP contribution in [-0.2, 0) is 0 Å². The van der Waals surface area contributed by atoms with Gasteiger partial charge < -0.3 is 4.74 Å².